The Labute approximate surface area is 120 Å². The minimum absolute atomic E-state index is 0. The summed E-state index contributed by atoms with van der Waals surface area (Å²) >= 11 is 1.80. The maximum atomic E-state index is 6.00. The quantitative estimate of drug-likeness (QED) is 0.912. The van der Waals surface area contributed by atoms with Gasteiger partial charge in [0.25, 0.3) is 0 Å². The number of piperidine rings is 1. The van der Waals surface area contributed by atoms with Gasteiger partial charge in [0.2, 0.25) is 0 Å². The first-order valence-corrected chi connectivity index (χ1v) is 6.36. The predicted molar refractivity (Wildman–Crippen MR) is 78.4 cm³/mol. The molecule has 2 atom stereocenters. The molecule has 1 aliphatic heterocycles. The minimum Gasteiger partial charge on any atom is -0.327 e. The van der Waals surface area contributed by atoms with Crippen molar-refractivity contribution in [2.75, 3.05) is 13.1 Å². The van der Waals surface area contributed by atoms with Crippen molar-refractivity contribution in [3.63, 3.8) is 0 Å². The van der Waals surface area contributed by atoms with E-state index in [1.807, 2.05) is 6.20 Å². The van der Waals surface area contributed by atoms with Crippen LogP contribution in [0.2, 0.25) is 0 Å². The fraction of sp³-hybridized carbons (Fsp3) is 0.727. The monoisotopic (exact) mass is 297 g/mol. The van der Waals surface area contributed by atoms with E-state index in [1.165, 1.54) is 4.88 Å². The van der Waals surface area contributed by atoms with E-state index >= 15 is 0 Å². The van der Waals surface area contributed by atoms with Crippen molar-refractivity contribution >= 4 is 36.2 Å². The van der Waals surface area contributed by atoms with Crippen molar-refractivity contribution in [1.82, 2.24) is 9.88 Å². The second kappa shape index (κ2) is 7.54. The molecule has 2 heterocycles. The smallest absolute Gasteiger partial charge is 0.0897 e. The fourth-order valence-corrected chi connectivity index (χ4v) is 2.93. The molecule has 100 valence electrons. The second-order valence-electron chi connectivity index (χ2n) is 4.51. The summed E-state index contributed by atoms with van der Waals surface area (Å²) in [7, 11) is 0. The average Bonchev–Trinajstić information content (AvgIpc) is 2.58. The van der Waals surface area contributed by atoms with E-state index in [0.717, 1.165) is 31.1 Å². The summed E-state index contributed by atoms with van der Waals surface area (Å²) in [6.45, 7) is 7.60. The number of aromatic nitrogens is 1. The molecular weight excluding hydrogens is 277 g/mol. The van der Waals surface area contributed by atoms with Gasteiger partial charge in [-0.05, 0) is 19.3 Å². The molecule has 2 unspecified atom stereocenters. The molecule has 1 aromatic rings. The molecule has 1 fully saturated rings. The lowest BCUT2D eigenvalue weighted by atomic mass is 9.95. The molecule has 17 heavy (non-hydrogen) atoms. The third-order valence-electron chi connectivity index (χ3n) is 3.10. The molecule has 0 bridgehead atoms. The lowest BCUT2D eigenvalue weighted by Gasteiger charge is -2.34. The third-order valence-corrected chi connectivity index (χ3v) is 4.00. The molecule has 2 N–H and O–H groups in total. The summed E-state index contributed by atoms with van der Waals surface area (Å²) in [6.07, 6.45) is 3.12. The first-order valence-electron chi connectivity index (χ1n) is 5.54. The molecule has 0 spiro atoms. The SMILES string of the molecule is Cc1ncc(CN2CCC(N)C(C)C2)s1.Cl.Cl. The van der Waals surface area contributed by atoms with Gasteiger partial charge in [0.1, 0.15) is 0 Å². The van der Waals surface area contributed by atoms with Crippen LogP contribution >= 0.6 is 36.2 Å². The van der Waals surface area contributed by atoms with E-state index in [2.05, 4.69) is 23.7 Å². The number of hydrogen-bond acceptors (Lipinski definition) is 4. The Kier molecular flexibility index (Phi) is 7.60. The maximum absolute atomic E-state index is 6.00. The van der Waals surface area contributed by atoms with Crippen molar-refractivity contribution < 1.29 is 0 Å². The molecule has 0 aliphatic carbocycles. The summed E-state index contributed by atoms with van der Waals surface area (Å²) in [5, 5.41) is 1.16. The van der Waals surface area contributed by atoms with Crippen LogP contribution in [0.25, 0.3) is 0 Å². The highest BCUT2D eigenvalue weighted by Crippen LogP contribution is 2.19. The van der Waals surface area contributed by atoms with Gasteiger partial charge in [-0.2, -0.15) is 0 Å². The Morgan fingerprint density at radius 2 is 2.24 bits per heavy atom. The number of rotatable bonds is 2. The van der Waals surface area contributed by atoms with Gasteiger partial charge in [-0.15, -0.1) is 36.2 Å². The van der Waals surface area contributed by atoms with Crippen molar-refractivity contribution in [1.29, 1.82) is 0 Å². The molecule has 3 nitrogen and oxygen atoms in total. The van der Waals surface area contributed by atoms with Crippen molar-refractivity contribution in [2.24, 2.45) is 11.7 Å². The molecule has 1 aromatic heterocycles. The maximum Gasteiger partial charge on any atom is 0.0897 e. The van der Waals surface area contributed by atoms with E-state index in [-0.39, 0.29) is 24.8 Å². The van der Waals surface area contributed by atoms with Crippen LogP contribution in [0.4, 0.5) is 0 Å². The molecular formula is C11H21Cl2N3S. The summed E-state index contributed by atoms with van der Waals surface area (Å²) in [5.41, 5.74) is 6.00. The van der Waals surface area contributed by atoms with Crippen LogP contribution in [0, 0.1) is 12.8 Å². The van der Waals surface area contributed by atoms with Crippen molar-refractivity contribution in [2.45, 2.75) is 32.9 Å². The zero-order valence-electron chi connectivity index (χ0n) is 10.3. The summed E-state index contributed by atoms with van der Waals surface area (Å²) in [4.78, 5) is 8.14. The van der Waals surface area contributed by atoms with E-state index in [1.54, 1.807) is 11.3 Å². The summed E-state index contributed by atoms with van der Waals surface area (Å²) in [6, 6.07) is 0.393. The minimum atomic E-state index is 0. The van der Waals surface area contributed by atoms with Gasteiger partial charge in [0.15, 0.2) is 0 Å². The topological polar surface area (TPSA) is 42.2 Å². The lowest BCUT2D eigenvalue weighted by Crippen LogP contribution is -2.45. The Morgan fingerprint density at radius 3 is 2.76 bits per heavy atom. The van der Waals surface area contributed by atoms with Gasteiger partial charge >= 0.3 is 0 Å². The van der Waals surface area contributed by atoms with Gasteiger partial charge < -0.3 is 5.73 Å². The normalized spacial score (nSPS) is 24.9. The summed E-state index contributed by atoms with van der Waals surface area (Å²) in [5.74, 6) is 0.618. The van der Waals surface area contributed by atoms with Gasteiger partial charge in [-0.1, -0.05) is 6.92 Å². The van der Waals surface area contributed by atoms with E-state index in [4.69, 9.17) is 5.73 Å². The largest absolute Gasteiger partial charge is 0.327 e. The first-order chi connectivity index (χ1) is 7.15. The van der Waals surface area contributed by atoms with Crippen molar-refractivity contribution in [3.8, 4) is 0 Å². The number of aryl methyl sites for hydroxylation is 1. The number of nitrogens with zero attached hydrogens (tertiary/aromatic N) is 2. The summed E-state index contributed by atoms with van der Waals surface area (Å²) < 4.78 is 0. The number of hydrogen-bond donors (Lipinski definition) is 1. The molecule has 6 heteroatoms. The van der Waals surface area contributed by atoms with Gasteiger partial charge in [0.05, 0.1) is 5.01 Å². The standard InChI is InChI=1S/C11H19N3S.2ClH/c1-8-6-14(4-3-11(8)12)7-10-5-13-9(2)15-10;;/h5,8,11H,3-4,6-7,12H2,1-2H3;2*1H. The second-order valence-corrected chi connectivity index (χ2v) is 5.83. The number of thiazole rings is 1. The highest BCUT2D eigenvalue weighted by atomic mass is 35.5. The molecule has 0 aromatic carbocycles. The van der Waals surface area contributed by atoms with Gasteiger partial charge in [-0.3, -0.25) is 4.90 Å². The molecule has 0 amide bonds. The van der Waals surface area contributed by atoms with Crippen LogP contribution < -0.4 is 5.73 Å². The van der Waals surface area contributed by atoms with Crippen LogP contribution in [-0.4, -0.2) is 29.0 Å². The first kappa shape index (κ1) is 17.1. The van der Waals surface area contributed by atoms with Crippen LogP contribution in [-0.2, 0) is 6.54 Å². The van der Waals surface area contributed by atoms with Crippen LogP contribution in [0.15, 0.2) is 6.20 Å². The predicted octanol–water partition coefficient (Wildman–Crippen LogP) is 2.46. The lowest BCUT2D eigenvalue weighted by molar-refractivity contribution is 0.159. The zero-order valence-corrected chi connectivity index (χ0v) is 12.7. The van der Waals surface area contributed by atoms with Gasteiger partial charge in [-0.25, -0.2) is 4.98 Å². The van der Waals surface area contributed by atoms with E-state index in [0.29, 0.717) is 12.0 Å². The Balaban J connectivity index is 0.00000128. The van der Waals surface area contributed by atoms with Crippen LogP contribution in [0.1, 0.15) is 23.2 Å². The molecule has 0 radical (unpaired) electrons. The number of nitrogens with two attached hydrogens (primary N) is 1. The fourth-order valence-electron chi connectivity index (χ4n) is 2.09. The van der Waals surface area contributed by atoms with E-state index < -0.39 is 0 Å². The Morgan fingerprint density at radius 1 is 1.53 bits per heavy atom. The number of halogens is 2. The molecule has 0 saturated carbocycles. The Hall–Kier alpha value is 0.130. The average molecular weight is 298 g/mol. The van der Waals surface area contributed by atoms with E-state index in [9.17, 15) is 0 Å². The third kappa shape index (κ3) is 4.72. The van der Waals surface area contributed by atoms with Crippen LogP contribution in [0.3, 0.4) is 0 Å². The number of likely N-dealkylation sites (tertiary alicyclic amines) is 1. The highest BCUT2D eigenvalue weighted by molar-refractivity contribution is 7.11. The molecule has 1 saturated heterocycles. The Bertz CT molecular complexity index is 332. The zero-order chi connectivity index (χ0) is 10.8. The highest BCUT2D eigenvalue weighted by Gasteiger charge is 2.23. The van der Waals surface area contributed by atoms with Crippen molar-refractivity contribution in [3.05, 3.63) is 16.1 Å². The molecule has 2 rings (SSSR count). The van der Waals surface area contributed by atoms with Gasteiger partial charge in [0, 0.05) is 36.8 Å². The molecule has 1 aliphatic rings. The van der Waals surface area contributed by atoms with Crippen LogP contribution in [0.5, 0.6) is 0 Å².